The molecule has 0 spiro atoms. The van der Waals surface area contributed by atoms with Crippen LogP contribution >= 0.6 is 0 Å². The first-order valence-corrected chi connectivity index (χ1v) is 13.0. The van der Waals surface area contributed by atoms with E-state index in [1.165, 1.54) is 9.80 Å². The number of carbonyl (C=O) groups excluding carboxylic acids is 4. The zero-order chi connectivity index (χ0) is 26.0. The van der Waals surface area contributed by atoms with E-state index >= 15 is 0 Å². The molecule has 35 heavy (non-hydrogen) atoms. The van der Waals surface area contributed by atoms with Crippen LogP contribution in [0.25, 0.3) is 0 Å². The van der Waals surface area contributed by atoms with Crippen molar-refractivity contribution >= 4 is 39.3 Å². The number of morpholine rings is 1. The average Bonchev–Trinajstić information content (AvgIpc) is 2.76. The number of amides is 2. The van der Waals surface area contributed by atoms with Crippen LogP contribution in [0.5, 0.6) is 0 Å². The second-order valence-electron chi connectivity index (χ2n) is 9.34. The molecule has 2 aliphatic rings. The van der Waals surface area contributed by atoms with Gasteiger partial charge in [-0.2, -0.15) is 0 Å². The van der Waals surface area contributed by atoms with E-state index in [4.69, 9.17) is 14.2 Å². The molecule has 2 amide bonds. The van der Waals surface area contributed by atoms with Gasteiger partial charge < -0.3 is 24.0 Å². The zero-order valence-corrected chi connectivity index (χ0v) is 21.0. The Balaban J connectivity index is 1.75. The molecule has 0 unspecified atom stereocenters. The maximum absolute atomic E-state index is 13.2. The van der Waals surface area contributed by atoms with Crippen LogP contribution < -0.4 is 4.90 Å². The van der Waals surface area contributed by atoms with Gasteiger partial charge in [0, 0.05) is 37.8 Å². The number of hydrogen-bond donors (Lipinski definition) is 0. The average molecular weight is 511 g/mol. The van der Waals surface area contributed by atoms with E-state index in [1.807, 2.05) is 0 Å². The van der Waals surface area contributed by atoms with Crippen LogP contribution in [0, 0.1) is 0 Å². The summed E-state index contributed by atoms with van der Waals surface area (Å²) in [4.78, 5) is 53.1. The molecule has 1 aromatic carbocycles. The second-order valence-corrected chi connectivity index (χ2v) is 11.6. The number of esters is 2. The molecule has 2 atom stereocenters. The molecule has 0 saturated carbocycles. The van der Waals surface area contributed by atoms with Gasteiger partial charge in [0.05, 0.1) is 18.1 Å². The van der Waals surface area contributed by atoms with Gasteiger partial charge in [0.2, 0.25) is 6.10 Å². The lowest BCUT2D eigenvalue weighted by Gasteiger charge is -2.35. The standard InChI is InChI=1S/C23H30N2O9S/c1-15(26)33-19(22(29)34-23(2,3)4)18-21(28)25(9-12-32-18)17-7-5-16(6-8-17)20(27)24-10-13-35(30,31)14-11-24/h5-8,18-19H,9-14H2,1-4H3/t18-,19-/m1/s1. The Kier molecular flexibility index (Phi) is 7.85. The van der Waals surface area contributed by atoms with Crippen LogP contribution in [0.1, 0.15) is 38.1 Å². The molecule has 11 nitrogen and oxygen atoms in total. The fourth-order valence-electron chi connectivity index (χ4n) is 3.73. The molecular formula is C23H30N2O9S. The quantitative estimate of drug-likeness (QED) is 0.520. The molecule has 2 heterocycles. The zero-order valence-electron chi connectivity index (χ0n) is 20.2. The predicted octanol–water partition coefficient (Wildman–Crippen LogP) is 0.562. The number of benzene rings is 1. The van der Waals surface area contributed by atoms with Crippen molar-refractivity contribution in [2.45, 2.75) is 45.5 Å². The van der Waals surface area contributed by atoms with Crippen LogP contribution in [0.2, 0.25) is 0 Å². The van der Waals surface area contributed by atoms with Crippen LogP contribution in [0.3, 0.4) is 0 Å². The van der Waals surface area contributed by atoms with Crippen LogP contribution in [-0.4, -0.2) is 92.6 Å². The number of ether oxygens (including phenoxy) is 3. The first kappa shape index (κ1) is 26.6. The smallest absolute Gasteiger partial charge is 0.351 e. The lowest BCUT2D eigenvalue weighted by atomic mass is 10.1. The third-order valence-electron chi connectivity index (χ3n) is 5.39. The van der Waals surface area contributed by atoms with Gasteiger partial charge in [-0.1, -0.05) is 0 Å². The Morgan fingerprint density at radius 2 is 1.66 bits per heavy atom. The van der Waals surface area contributed by atoms with E-state index in [-0.39, 0.29) is 43.7 Å². The molecule has 0 radical (unpaired) electrons. The van der Waals surface area contributed by atoms with Gasteiger partial charge in [0.25, 0.3) is 11.8 Å². The van der Waals surface area contributed by atoms with Crippen molar-refractivity contribution in [1.29, 1.82) is 0 Å². The maximum atomic E-state index is 13.2. The molecule has 12 heteroatoms. The number of nitrogens with zero attached hydrogens (tertiary/aromatic N) is 2. The molecule has 2 saturated heterocycles. The normalized spacial score (nSPS) is 21.3. The number of hydrogen-bond acceptors (Lipinski definition) is 9. The van der Waals surface area contributed by atoms with Crippen LogP contribution in [-0.2, 0) is 38.4 Å². The summed E-state index contributed by atoms with van der Waals surface area (Å²) >= 11 is 0. The number of anilines is 1. The van der Waals surface area contributed by atoms with E-state index in [1.54, 1.807) is 45.0 Å². The summed E-state index contributed by atoms with van der Waals surface area (Å²) in [5.41, 5.74) is -0.0444. The molecule has 0 aromatic heterocycles. The van der Waals surface area contributed by atoms with Crippen LogP contribution in [0.15, 0.2) is 24.3 Å². The van der Waals surface area contributed by atoms with Gasteiger partial charge in [-0.3, -0.25) is 14.4 Å². The van der Waals surface area contributed by atoms with Crippen molar-refractivity contribution in [2.75, 3.05) is 42.6 Å². The summed E-state index contributed by atoms with van der Waals surface area (Å²) in [6.07, 6.45) is -2.96. The molecule has 0 N–H and O–H groups in total. The minimum absolute atomic E-state index is 0.0678. The minimum Gasteiger partial charge on any atom is -0.457 e. The third kappa shape index (κ3) is 6.79. The SMILES string of the molecule is CC(=O)O[C@@H](C(=O)OC(C)(C)C)[C@H]1OCCN(c2ccc(C(=O)N3CCS(=O)(=O)CC3)cc2)C1=O. The Labute approximate surface area is 204 Å². The number of rotatable bonds is 5. The van der Waals surface area contributed by atoms with E-state index in [2.05, 4.69) is 0 Å². The largest absolute Gasteiger partial charge is 0.457 e. The van der Waals surface area contributed by atoms with Gasteiger partial charge in [-0.25, -0.2) is 13.2 Å². The van der Waals surface area contributed by atoms with E-state index in [0.29, 0.717) is 11.3 Å². The molecule has 1 aromatic rings. The van der Waals surface area contributed by atoms with Crippen molar-refractivity contribution in [3.05, 3.63) is 29.8 Å². The first-order chi connectivity index (χ1) is 16.3. The molecule has 0 aliphatic carbocycles. The van der Waals surface area contributed by atoms with Gasteiger partial charge in [0.1, 0.15) is 5.60 Å². The highest BCUT2D eigenvalue weighted by Crippen LogP contribution is 2.24. The van der Waals surface area contributed by atoms with Crippen LogP contribution in [0.4, 0.5) is 5.69 Å². The van der Waals surface area contributed by atoms with E-state index in [9.17, 15) is 27.6 Å². The van der Waals surface area contributed by atoms with Gasteiger partial charge in [-0.15, -0.1) is 0 Å². The summed E-state index contributed by atoms with van der Waals surface area (Å²) in [5, 5.41) is 0. The van der Waals surface area contributed by atoms with E-state index < -0.39 is 45.5 Å². The minimum atomic E-state index is -3.11. The third-order valence-corrected chi connectivity index (χ3v) is 7.00. The molecule has 3 rings (SSSR count). The Morgan fingerprint density at radius 3 is 2.20 bits per heavy atom. The second kappa shape index (κ2) is 10.3. The monoisotopic (exact) mass is 510 g/mol. The summed E-state index contributed by atoms with van der Waals surface area (Å²) in [6, 6.07) is 6.27. The fraction of sp³-hybridized carbons (Fsp3) is 0.565. The van der Waals surface area contributed by atoms with Crippen molar-refractivity contribution < 1.29 is 41.8 Å². The van der Waals surface area contributed by atoms with Gasteiger partial charge >= 0.3 is 11.9 Å². The topological polar surface area (TPSA) is 137 Å². The van der Waals surface area contributed by atoms with Crippen molar-refractivity contribution in [1.82, 2.24) is 4.90 Å². The fourth-order valence-corrected chi connectivity index (χ4v) is 4.93. The van der Waals surface area contributed by atoms with Crippen molar-refractivity contribution in [3.63, 3.8) is 0 Å². The van der Waals surface area contributed by atoms with Gasteiger partial charge in [0.15, 0.2) is 15.9 Å². The van der Waals surface area contributed by atoms with Crippen molar-refractivity contribution in [2.24, 2.45) is 0 Å². The number of carbonyl (C=O) groups is 4. The summed E-state index contributed by atoms with van der Waals surface area (Å²) in [7, 11) is -3.11. The summed E-state index contributed by atoms with van der Waals surface area (Å²) in [6.45, 7) is 6.61. The van der Waals surface area contributed by atoms with Gasteiger partial charge in [-0.05, 0) is 45.0 Å². The Morgan fingerprint density at radius 1 is 1.06 bits per heavy atom. The molecule has 2 fully saturated rings. The number of sulfone groups is 1. The molecular weight excluding hydrogens is 480 g/mol. The predicted molar refractivity (Wildman–Crippen MR) is 124 cm³/mol. The first-order valence-electron chi connectivity index (χ1n) is 11.2. The maximum Gasteiger partial charge on any atom is 0.351 e. The van der Waals surface area contributed by atoms with E-state index in [0.717, 1.165) is 6.92 Å². The summed E-state index contributed by atoms with van der Waals surface area (Å²) < 4.78 is 39.1. The lowest BCUT2D eigenvalue weighted by molar-refractivity contribution is -0.188. The Bertz CT molecular complexity index is 1080. The highest BCUT2D eigenvalue weighted by atomic mass is 32.2. The highest BCUT2D eigenvalue weighted by Gasteiger charge is 2.44. The molecule has 0 bridgehead atoms. The summed E-state index contributed by atoms with van der Waals surface area (Å²) in [5.74, 6) is -2.67. The molecule has 2 aliphatic heterocycles. The lowest BCUT2D eigenvalue weighted by Crippen LogP contribution is -2.56. The Hall–Kier alpha value is -2.99. The molecule has 192 valence electrons. The highest BCUT2D eigenvalue weighted by molar-refractivity contribution is 7.91. The van der Waals surface area contributed by atoms with Crippen molar-refractivity contribution in [3.8, 4) is 0 Å².